The van der Waals surface area contributed by atoms with Gasteiger partial charge in [0, 0.05) is 12.2 Å². The number of nitrogens with zero attached hydrogens (tertiary/aromatic N) is 1. The number of unbranched alkanes of at least 4 members (excludes halogenated alkanes) is 1. The number of anilines is 1. The Balaban J connectivity index is 1.35. The molecule has 122 valence electrons. The van der Waals surface area contributed by atoms with Crippen molar-refractivity contribution in [1.82, 2.24) is 10.3 Å². The van der Waals surface area contributed by atoms with Crippen LogP contribution in [0.25, 0.3) is 0 Å². The standard InChI is InChI=1S/C18H23N3O2/c1-13-8-15(21-18(19)9-13)4-2-3-7-20-11-14-5-6-16-17(10-14)23-12-22-16/h5-6,8-10,20H,2-4,7,11-12H2,1H3,(H2,19,21). The zero-order valence-corrected chi connectivity index (χ0v) is 13.5. The molecule has 5 heteroatoms. The number of rotatable bonds is 7. The Morgan fingerprint density at radius 1 is 1.13 bits per heavy atom. The van der Waals surface area contributed by atoms with Gasteiger partial charge < -0.3 is 20.5 Å². The van der Waals surface area contributed by atoms with Crippen molar-refractivity contribution >= 4 is 5.82 Å². The van der Waals surface area contributed by atoms with Gasteiger partial charge in [-0.1, -0.05) is 6.07 Å². The molecule has 0 aliphatic carbocycles. The number of nitrogens with two attached hydrogens (primary N) is 1. The van der Waals surface area contributed by atoms with E-state index in [0.29, 0.717) is 12.6 Å². The van der Waals surface area contributed by atoms with Gasteiger partial charge in [0.25, 0.3) is 0 Å². The minimum atomic E-state index is 0.323. The maximum absolute atomic E-state index is 5.77. The van der Waals surface area contributed by atoms with E-state index in [0.717, 1.165) is 49.5 Å². The Morgan fingerprint density at radius 2 is 2.00 bits per heavy atom. The van der Waals surface area contributed by atoms with Gasteiger partial charge in [-0.2, -0.15) is 0 Å². The molecule has 0 atom stereocenters. The zero-order chi connectivity index (χ0) is 16.1. The number of pyridine rings is 1. The van der Waals surface area contributed by atoms with Crippen molar-refractivity contribution in [3.8, 4) is 11.5 Å². The fourth-order valence-electron chi connectivity index (χ4n) is 2.74. The highest BCUT2D eigenvalue weighted by Crippen LogP contribution is 2.32. The predicted octanol–water partition coefficient (Wildman–Crippen LogP) is 2.81. The lowest BCUT2D eigenvalue weighted by atomic mass is 10.1. The van der Waals surface area contributed by atoms with E-state index in [1.165, 1.54) is 11.1 Å². The molecule has 0 unspecified atom stereocenters. The topological polar surface area (TPSA) is 69.4 Å². The molecule has 5 nitrogen and oxygen atoms in total. The minimum Gasteiger partial charge on any atom is -0.454 e. The van der Waals surface area contributed by atoms with Crippen LogP contribution < -0.4 is 20.5 Å². The predicted molar refractivity (Wildman–Crippen MR) is 90.6 cm³/mol. The van der Waals surface area contributed by atoms with Crippen molar-refractivity contribution in [3.05, 3.63) is 47.2 Å². The summed E-state index contributed by atoms with van der Waals surface area (Å²) < 4.78 is 10.7. The molecule has 0 bridgehead atoms. The highest BCUT2D eigenvalue weighted by Gasteiger charge is 2.12. The number of fused-ring (bicyclic) bond motifs is 1. The zero-order valence-electron chi connectivity index (χ0n) is 13.5. The number of hydrogen-bond donors (Lipinski definition) is 2. The van der Waals surface area contributed by atoms with Gasteiger partial charge in [-0.05, 0) is 68.1 Å². The van der Waals surface area contributed by atoms with E-state index in [9.17, 15) is 0 Å². The maximum Gasteiger partial charge on any atom is 0.231 e. The first-order valence-electron chi connectivity index (χ1n) is 8.03. The van der Waals surface area contributed by atoms with Crippen LogP contribution in [-0.4, -0.2) is 18.3 Å². The number of ether oxygens (including phenoxy) is 2. The number of nitrogens with one attached hydrogen (secondary N) is 1. The van der Waals surface area contributed by atoms with Crippen molar-refractivity contribution in [1.29, 1.82) is 0 Å². The minimum absolute atomic E-state index is 0.323. The number of benzene rings is 1. The second-order valence-corrected chi connectivity index (χ2v) is 5.88. The molecule has 0 amide bonds. The van der Waals surface area contributed by atoms with Crippen LogP contribution in [0.4, 0.5) is 5.82 Å². The fourth-order valence-corrected chi connectivity index (χ4v) is 2.74. The van der Waals surface area contributed by atoms with Crippen molar-refractivity contribution in [2.45, 2.75) is 32.7 Å². The van der Waals surface area contributed by atoms with Crippen LogP contribution in [0.3, 0.4) is 0 Å². The molecule has 3 rings (SSSR count). The lowest BCUT2D eigenvalue weighted by Gasteiger charge is -2.07. The van der Waals surface area contributed by atoms with Gasteiger partial charge in [0.1, 0.15) is 5.82 Å². The van der Waals surface area contributed by atoms with Crippen molar-refractivity contribution in [2.24, 2.45) is 0 Å². The van der Waals surface area contributed by atoms with Gasteiger partial charge >= 0.3 is 0 Å². The highest BCUT2D eigenvalue weighted by atomic mass is 16.7. The van der Waals surface area contributed by atoms with Crippen LogP contribution in [0.2, 0.25) is 0 Å². The molecule has 23 heavy (non-hydrogen) atoms. The number of aromatic nitrogens is 1. The summed E-state index contributed by atoms with van der Waals surface area (Å²) in [6, 6.07) is 10.1. The Labute approximate surface area is 136 Å². The summed E-state index contributed by atoms with van der Waals surface area (Å²) in [5.74, 6) is 2.28. The number of aryl methyl sites for hydroxylation is 2. The van der Waals surface area contributed by atoms with Gasteiger partial charge in [-0.3, -0.25) is 0 Å². The molecule has 1 aromatic carbocycles. The molecule has 1 aliphatic heterocycles. The summed E-state index contributed by atoms with van der Waals surface area (Å²) >= 11 is 0. The van der Waals surface area contributed by atoms with E-state index >= 15 is 0 Å². The van der Waals surface area contributed by atoms with Crippen LogP contribution in [0, 0.1) is 6.92 Å². The maximum atomic E-state index is 5.77. The van der Waals surface area contributed by atoms with Crippen molar-refractivity contribution in [3.63, 3.8) is 0 Å². The molecule has 0 fully saturated rings. The third kappa shape index (κ3) is 4.36. The molecular weight excluding hydrogens is 290 g/mol. The summed E-state index contributed by atoms with van der Waals surface area (Å²) in [4.78, 5) is 4.36. The largest absolute Gasteiger partial charge is 0.454 e. The van der Waals surface area contributed by atoms with Crippen molar-refractivity contribution in [2.75, 3.05) is 19.1 Å². The summed E-state index contributed by atoms with van der Waals surface area (Å²) in [5.41, 5.74) is 9.24. The quantitative estimate of drug-likeness (QED) is 0.769. The van der Waals surface area contributed by atoms with E-state index in [2.05, 4.69) is 29.4 Å². The molecule has 0 saturated heterocycles. The number of hydrogen-bond acceptors (Lipinski definition) is 5. The van der Waals surface area contributed by atoms with Gasteiger partial charge in [0.05, 0.1) is 0 Å². The van der Waals surface area contributed by atoms with E-state index in [1.807, 2.05) is 18.2 Å². The van der Waals surface area contributed by atoms with Crippen LogP contribution in [0.15, 0.2) is 30.3 Å². The van der Waals surface area contributed by atoms with E-state index in [-0.39, 0.29) is 0 Å². The molecule has 0 saturated carbocycles. The average Bonchev–Trinajstić information content (AvgIpc) is 2.97. The summed E-state index contributed by atoms with van der Waals surface area (Å²) in [6.07, 6.45) is 3.18. The molecule has 1 aromatic heterocycles. The van der Waals surface area contributed by atoms with E-state index < -0.39 is 0 Å². The van der Waals surface area contributed by atoms with Gasteiger partial charge in [-0.15, -0.1) is 0 Å². The third-order valence-electron chi connectivity index (χ3n) is 3.85. The van der Waals surface area contributed by atoms with Crippen LogP contribution in [0.5, 0.6) is 11.5 Å². The monoisotopic (exact) mass is 313 g/mol. The van der Waals surface area contributed by atoms with Gasteiger partial charge in [0.15, 0.2) is 11.5 Å². The molecule has 2 heterocycles. The summed E-state index contributed by atoms with van der Waals surface area (Å²) in [6.45, 7) is 4.19. The molecule has 0 radical (unpaired) electrons. The normalized spacial score (nSPS) is 12.6. The second-order valence-electron chi connectivity index (χ2n) is 5.88. The Kier molecular flexibility index (Phi) is 4.98. The first-order valence-corrected chi connectivity index (χ1v) is 8.03. The average molecular weight is 313 g/mol. The molecular formula is C18H23N3O2. The lowest BCUT2D eigenvalue weighted by Crippen LogP contribution is -2.14. The van der Waals surface area contributed by atoms with Crippen LogP contribution >= 0.6 is 0 Å². The van der Waals surface area contributed by atoms with Crippen LogP contribution in [0.1, 0.15) is 29.7 Å². The lowest BCUT2D eigenvalue weighted by molar-refractivity contribution is 0.174. The molecule has 3 N–H and O–H groups in total. The Hall–Kier alpha value is -2.27. The SMILES string of the molecule is Cc1cc(N)nc(CCCCNCc2ccc3c(c2)OCO3)c1. The smallest absolute Gasteiger partial charge is 0.231 e. The molecule has 2 aromatic rings. The van der Waals surface area contributed by atoms with Gasteiger partial charge in [-0.25, -0.2) is 4.98 Å². The Morgan fingerprint density at radius 3 is 2.87 bits per heavy atom. The van der Waals surface area contributed by atoms with E-state index in [1.54, 1.807) is 0 Å². The Bertz CT molecular complexity index is 653. The third-order valence-corrected chi connectivity index (χ3v) is 3.85. The molecule has 0 spiro atoms. The summed E-state index contributed by atoms with van der Waals surface area (Å²) in [7, 11) is 0. The first kappa shape index (κ1) is 15.6. The fraction of sp³-hybridized carbons (Fsp3) is 0.389. The second kappa shape index (κ2) is 7.33. The number of nitrogen functional groups attached to an aromatic ring is 1. The first-order chi connectivity index (χ1) is 11.2. The summed E-state index contributed by atoms with van der Waals surface area (Å²) in [5, 5.41) is 3.46. The highest BCUT2D eigenvalue weighted by molar-refractivity contribution is 5.44. The van der Waals surface area contributed by atoms with Crippen LogP contribution in [-0.2, 0) is 13.0 Å². The van der Waals surface area contributed by atoms with Crippen molar-refractivity contribution < 1.29 is 9.47 Å². The molecule has 1 aliphatic rings. The van der Waals surface area contributed by atoms with Gasteiger partial charge in [0.2, 0.25) is 6.79 Å². The van der Waals surface area contributed by atoms with E-state index in [4.69, 9.17) is 15.2 Å².